The average Bonchev–Trinajstić information content (AvgIpc) is 3.37. The third-order valence-corrected chi connectivity index (χ3v) is 6.04. The van der Waals surface area contributed by atoms with Crippen LogP contribution in [0, 0.1) is 0 Å². The van der Waals surface area contributed by atoms with E-state index in [9.17, 15) is 4.79 Å². The van der Waals surface area contributed by atoms with Gasteiger partial charge < -0.3 is 9.47 Å². The lowest BCUT2D eigenvalue weighted by molar-refractivity contribution is -0.113. The van der Waals surface area contributed by atoms with Crippen molar-refractivity contribution in [3.05, 3.63) is 75.8 Å². The summed E-state index contributed by atoms with van der Waals surface area (Å²) in [5.41, 5.74) is 1.49. The standard InChI is InChI=1S/C22H18N2O3S2/c1-26-17-9-5-15(6-10-17)23-22-24(16-7-11-18(27-2)12-8-16)21(25)20(29-22)14-19-4-3-13-28-19/h3-14H,1-2H3/b20-14-,23-22?. The van der Waals surface area contributed by atoms with Crippen molar-refractivity contribution in [1.82, 2.24) is 0 Å². The summed E-state index contributed by atoms with van der Waals surface area (Å²) in [4.78, 5) is 21.2. The number of thiophene rings is 1. The molecule has 7 heteroatoms. The van der Waals surface area contributed by atoms with Gasteiger partial charge in [-0.25, -0.2) is 4.99 Å². The zero-order valence-corrected chi connectivity index (χ0v) is 17.5. The smallest absolute Gasteiger partial charge is 0.271 e. The van der Waals surface area contributed by atoms with Crippen LogP contribution in [0.3, 0.4) is 0 Å². The van der Waals surface area contributed by atoms with E-state index in [1.807, 2.05) is 72.1 Å². The van der Waals surface area contributed by atoms with E-state index in [4.69, 9.17) is 14.5 Å². The largest absolute Gasteiger partial charge is 0.497 e. The van der Waals surface area contributed by atoms with Gasteiger partial charge in [-0.1, -0.05) is 6.07 Å². The van der Waals surface area contributed by atoms with Crippen LogP contribution in [0.2, 0.25) is 0 Å². The van der Waals surface area contributed by atoms with Crippen LogP contribution in [0.15, 0.2) is 75.9 Å². The predicted octanol–water partition coefficient (Wildman–Crippen LogP) is 5.57. The molecule has 146 valence electrons. The van der Waals surface area contributed by atoms with Crippen LogP contribution in [0.5, 0.6) is 11.5 Å². The molecule has 0 unspecified atom stereocenters. The van der Waals surface area contributed by atoms with Crippen molar-refractivity contribution in [1.29, 1.82) is 0 Å². The number of rotatable bonds is 5. The first-order chi connectivity index (χ1) is 14.2. The quantitative estimate of drug-likeness (QED) is 0.504. The number of thioether (sulfide) groups is 1. The van der Waals surface area contributed by atoms with Crippen LogP contribution < -0.4 is 14.4 Å². The minimum atomic E-state index is -0.0965. The van der Waals surface area contributed by atoms with E-state index in [1.165, 1.54) is 11.8 Å². The van der Waals surface area contributed by atoms with Crippen LogP contribution in [-0.4, -0.2) is 25.3 Å². The number of benzene rings is 2. The van der Waals surface area contributed by atoms with E-state index in [2.05, 4.69) is 0 Å². The maximum absolute atomic E-state index is 13.2. The molecule has 1 fully saturated rings. The Kier molecular flexibility index (Phi) is 5.69. The molecular formula is C22H18N2O3S2. The van der Waals surface area contributed by atoms with Crippen molar-refractivity contribution in [3.8, 4) is 11.5 Å². The molecule has 0 saturated carbocycles. The Labute approximate surface area is 177 Å². The highest BCUT2D eigenvalue weighted by molar-refractivity contribution is 8.19. The first-order valence-electron chi connectivity index (χ1n) is 8.82. The van der Waals surface area contributed by atoms with E-state index in [0.29, 0.717) is 10.1 Å². The highest BCUT2D eigenvalue weighted by Crippen LogP contribution is 2.38. The first kappa shape index (κ1) is 19.3. The van der Waals surface area contributed by atoms with Crippen LogP contribution in [0.4, 0.5) is 11.4 Å². The second kappa shape index (κ2) is 8.55. The Morgan fingerprint density at radius 3 is 2.17 bits per heavy atom. The molecule has 0 aliphatic carbocycles. The highest BCUT2D eigenvalue weighted by Gasteiger charge is 2.34. The Bertz CT molecular complexity index is 1060. The topological polar surface area (TPSA) is 51.1 Å². The first-order valence-corrected chi connectivity index (χ1v) is 10.5. The molecule has 2 heterocycles. The van der Waals surface area contributed by atoms with Crippen molar-refractivity contribution >= 4 is 51.6 Å². The van der Waals surface area contributed by atoms with Gasteiger partial charge >= 0.3 is 0 Å². The van der Waals surface area contributed by atoms with Gasteiger partial charge in [-0.05, 0) is 77.8 Å². The van der Waals surface area contributed by atoms with E-state index < -0.39 is 0 Å². The van der Waals surface area contributed by atoms with E-state index in [-0.39, 0.29) is 5.91 Å². The van der Waals surface area contributed by atoms with E-state index in [0.717, 1.165) is 27.8 Å². The van der Waals surface area contributed by atoms with Gasteiger partial charge in [-0.3, -0.25) is 9.69 Å². The van der Waals surface area contributed by atoms with Crippen molar-refractivity contribution in [2.75, 3.05) is 19.1 Å². The number of carbonyl (C=O) groups is 1. The Hall–Kier alpha value is -3.03. The van der Waals surface area contributed by atoms with Gasteiger partial charge in [-0.2, -0.15) is 0 Å². The van der Waals surface area contributed by atoms with Gasteiger partial charge in [0.2, 0.25) is 0 Å². The third kappa shape index (κ3) is 4.21. The molecule has 0 N–H and O–H groups in total. The van der Waals surface area contributed by atoms with E-state index >= 15 is 0 Å². The fourth-order valence-corrected chi connectivity index (χ4v) is 4.50. The molecule has 1 aliphatic rings. The number of nitrogens with zero attached hydrogens (tertiary/aromatic N) is 2. The Morgan fingerprint density at radius 1 is 0.931 bits per heavy atom. The predicted molar refractivity (Wildman–Crippen MR) is 120 cm³/mol. The lowest BCUT2D eigenvalue weighted by Gasteiger charge is -2.16. The summed E-state index contributed by atoms with van der Waals surface area (Å²) in [7, 11) is 3.24. The summed E-state index contributed by atoms with van der Waals surface area (Å²) in [5, 5.41) is 2.59. The number of aliphatic imine (C=N–C) groups is 1. The Morgan fingerprint density at radius 2 is 1.59 bits per heavy atom. The summed E-state index contributed by atoms with van der Waals surface area (Å²) in [5.74, 6) is 1.39. The minimum Gasteiger partial charge on any atom is -0.497 e. The van der Waals surface area contributed by atoms with Crippen LogP contribution in [0.1, 0.15) is 4.88 Å². The van der Waals surface area contributed by atoms with Crippen LogP contribution in [-0.2, 0) is 4.79 Å². The molecule has 1 aliphatic heterocycles. The molecule has 1 amide bonds. The minimum absolute atomic E-state index is 0.0965. The number of hydrogen-bond donors (Lipinski definition) is 0. The van der Waals surface area contributed by atoms with Crippen molar-refractivity contribution in [3.63, 3.8) is 0 Å². The summed E-state index contributed by atoms with van der Waals surface area (Å²) in [6.07, 6.45) is 1.91. The number of amidine groups is 1. The second-order valence-corrected chi connectivity index (χ2v) is 8.05. The summed E-state index contributed by atoms with van der Waals surface area (Å²) < 4.78 is 10.4. The van der Waals surface area contributed by atoms with Gasteiger partial charge in [0.05, 0.1) is 30.5 Å². The second-order valence-electron chi connectivity index (χ2n) is 6.06. The monoisotopic (exact) mass is 422 g/mol. The number of carbonyl (C=O) groups excluding carboxylic acids is 1. The average molecular weight is 423 g/mol. The Balaban J connectivity index is 1.74. The van der Waals surface area contributed by atoms with Gasteiger partial charge in [0.1, 0.15) is 11.5 Å². The molecule has 3 aromatic rings. The highest BCUT2D eigenvalue weighted by atomic mass is 32.2. The molecule has 1 saturated heterocycles. The number of ether oxygens (including phenoxy) is 2. The van der Waals surface area contributed by atoms with Crippen molar-refractivity contribution in [2.24, 2.45) is 4.99 Å². The number of methoxy groups -OCH3 is 2. The molecule has 29 heavy (non-hydrogen) atoms. The van der Waals surface area contributed by atoms with Gasteiger partial charge in [-0.15, -0.1) is 11.3 Å². The van der Waals surface area contributed by atoms with Gasteiger partial charge in [0.25, 0.3) is 5.91 Å². The fourth-order valence-electron chi connectivity index (χ4n) is 2.78. The van der Waals surface area contributed by atoms with Gasteiger partial charge in [0, 0.05) is 4.88 Å². The van der Waals surface area contributed by atoms with E-state index in [1.54, 1.807) is 30.5 Å². The maximum Gasteiger partial charge on any atom is 0.271 e. The maximum atomic E-state index is 13.2. The van der Waals surface area contributed by atoms with Crippen LogP contribution >= 0.6 is 23.1 Å². The third-order valence-electron chi connectivity index (χ3n) is 4.25. The van der Waals surface area contributed by atoms with Gasteiger partial charge in [0.15, 0.2) is 5.17 Å². The summed E-state index contributed by atoms with van der Waals surface area (Å²) in [6, 6.07) is 18.8. The molecule has 2 aromatic carbocycles. The molecule has 1 aromatic heterocycles. The summed E-state index contributed by atoms with van der Waals surface area (Å²) in [6.45, 7) is 0. The number of hydrogen-bond acceptors (Lipinski definition) is 6. The van der Waals surface area contributed by atoms with Crippen LogP contribution in [0.25, 0.3) is 6.08 Å². The number of amides is 1. The molecule has 0 bridgehead atoms. The SMILES string of the molecule is COc1ccc(N=C2S/C(=C\c3cccs3)C(=O)N2c2ccc(OC)cc2)cc1. The summed E-state index contributed by atoms with van der Waals surface area (Å²) >= 11 is 2.96. The lowest BCUT2D eigenvalue weighted by atomic mass is 10.2. The number of anilines is 1. The molecule has 0 radical (unpaired) electrons. The molecule has 0 atom stereocenters. The van der Waals surface area contributed by atoms with Crippen molar-refractivity contribution < 1.29 is 14.3 Å². The van der Waals surface area contributed by atoms with Crippen molar-refractivity contribution in [2.45, 2.75) is 0 Å². The fraction of sp³-hybridized carbons (Fsp3) is 0.0909. The zero-order valence-electron chi connectivity index (χ0n) is 15.9. The molecule has 5 nitrogen and oxygen atoms in total. The molecular weight excluding hydrogens is 404 g/mol. The zero-order chi connectivity index (χ0) is 20.2. The normalized spacial score (nSPS) is 16.6. The molecule has 0 spiro atoms. The lowest BCUT2D eigenvalue weighted by Crippen LogP contribution is -2.28. The molecule has 4 rings (SSSR count).